The summed E-state index contributed by atoms with van der Waals surface area (Å²) in [4.78, 5) is 28.3. The third-order valence-corrected chi connectivity index (χ3v) is 8.08. The number of carbonyl (C=O) groups is 2. The predicted molar refractivity (Wildman–Crippen MR) is 125 cm³/mol. The highest BCUT2D eigenvalue weighted by molar-refractivity contribution is 5.83. The van der Waals surface area contributed by atoms with Crippen molar-refractivity contribution in [2.24, 2.45) is 5.41 Å². The lowest BCUT2D eigenvalue weighted by atomic mass is 9.68. The molecule has 8 heteroatoms. The van der Waals surface area contributed by atoms with Crippen molar-refractivity contribution in [3.05, 3.63) is 47.2 Å². The molecular formula is C26H32F2N4O2. The van der Waals surface area contributed by atoms with Crippen LogP contribution in [0.4, 0.5) is 8.78 Å². The fourth-order valence-corrected chi connectivity index (χ4v) is 5.94. The van der Waals surface area contributed by atoms with Crippen LogP contribution in [0.1, 0.15) is 63.6 Å². The maximum absolute atomic E-state index is 14.4. The number of hydrogen-bond donors (Lipinski definition) is 0. The maximum atomic E-state index is 14.4. The van der Waals surface area contributed by atoms with Crippen molar-refractivity contribution in [2.75, 3.05) is 27.2 Å². The molecule has 2 aromatic rings. The quantitative estimate of drug-likeness (QED) is 0.605. The summed E-state index contributed by atoms with van der Waals surface area (Å²) in [5.74, 6) is -1.30. The molecule has 2 bridgehead atoms. The van der Waals surface area contributed by atoms with Crippen LogP contribution in [0.5, 0.6) is 0 Å². The van der Waals surface area contributed by atoms with Gasteiger partial charge in [-0.1, -0.05) is 19.9 Å². The van der Waals surface area contributed by atoms with Gasteiger partial charge in [0.25, 0.3) is 0 Å². The van der Waals surface area contributed by atoms with Gasteiger partial charge in [0, 0.05) is 45.4 Å². The first-order valence-corrected chi connectivity index (χ1v) is 11.8. The molecule has 0 aliphatic heterocycles. The van der Waals surface area contributed by atoms with Crippen LogP contribution in [0.25, 0.3) is 11.3 Å². The maximum Gasteiger partial charge on any atom is 0.223 e. The summed E-state index contributed by atoms with van der Waals surface area (Å²) < 4.78 is 28.8. The fraction of sp³-hybridized carbons (Fsp3) is 0.538. The molecule has 0 unspecified atom stereocenters. The van der Waals surface area contributed by atoms with Crippen LogP contribution in [0.3, 0.4) is 0 Å². The second-order valence-electron chi connectivity index (χ2n) is 10.2. The Balaban J connectivity index is 1.67. The monoisotopic (exact) mass is 470 g/mol. The molecule has 4 rings (SSSR count). The molecule has 0 radical (unpaired) electrons. The molecule has 1 aromatic carbocycles. The Bertz CT molecular complexity index is 1110. The van der Waals surface area contributed by atoms with Gasteiger partial charge in [-0.3, -0.25) is 9.59 Å². The first kappa shape index (κ1) is 24.2. The van der Waals surface area contributed by atoms with Crippen molar-refractivity contribution in [3.63, 3.8) is 0 Å². The Morgan fingerprint density at radius 3 is 2.35 bits per heavy atom. The van der Waals surface area contributed by atoms with Gasteiger partial charge in [0.05, 0.1) is 17.0 Å². The van der Waals surface area contributed by atoms with Gasteiger partial charge in [0.15, 0.2) is 0 Å². The number of likely N-dealkylation sites (N-methyl/N-ethyl adjacent to an activating group) is 1. The van der Waals surface area contributed by atoms with E-state index in [-0.39, 0.29) is 47.2 Å². The SMILES string of the molecule is CCN(C[C@]12CC[C@H](c3cc(-c4c(F)cccc4F)nnc31)C2(C)C)C(=O)CCC(=O)N(C)C. The lowest BCUT2D eigenvalue weighted by Crippen LogP contribution is -2.48. The van der Waals surface area contributed by atoms with Gasteiger partial charge in [0.2, 0.25) is 11.8 Å². The van der Waals surface area contributed by atoms with E-state index in [0.717, 1.165) is 24.1 Å². The molecule has 182 valence electrons. The Hall–Kier alpha value is -2.90. The first-order valence-electron chi connectivity index (χ1n) is 11.8. The van der Waals surface area contributed by atoms with E-state index in [4.69, 9.17) is 0 Å². The van der Waals surface area contributed by atoms with Gasteiger partial charge in [-0.15, -0.1) is 0 Å². The Morgan fingerprint density at radius 2 is 1.74 bits per heavy atom. The minimum Gasteiger partial charge on any atom is -0.349 e. The van der Waals surface area contributed by atoms with Gasteiger partial charge in [0.1, 0.15) is 11.6 Å². The van der Waals surface area contributed by atoms with Crippen molar-refractivity contribution < 1.29 is 18.4 Å². The minimum atomic E-state index is -0.665. The van der Waals surface area contributed by atoms with E-state index in [9.17, 15) is 18.4 Å². The summed E-state index contributed by atoms with van der Waals surface area (Å²) in [5.41, 5.74) is 1.22. The highest BCUT2D eigenvalue weighted by Crippen LogP contribution is 2.67. The van der Waals surface area contributed by atoms with Crippen molar-refractivity contribution >= 4 is 11.8 Å². The molecule has 0 N–H and O–H groups in total. The Kier molecular flexibility index (Phi) is 6.21. The second kappa shape index (κ2) is 8.71. The van der Waals surface area contributed by atoms with Gasteiger partial charge < -0.3 is 9.80 Å². The van der Waals surface area contributed by atoms with Crippen molar-refractivity contribution in [2.45, 2.75) is 57.8 Å². The van der Waals surface area contributed by atoms with E-state index in [1.165, 1.54) is 23.1 Å². The van der Waals surface area contributed by atoms with Gasteiger partial charge in [-0.05, 0) is 54.9 Å². The second-order valence-corrected chi connectivity index (χ2v) is 10.2. The van der Waals surface area contributed by atoms with E-state index < -0.39 is 17.0 Å². The normalized spacial score (nSPS) is 21.9. The van der Waals surface area contributed by atoms with E-state index >= 15 is 0 Å². The smallest absolute Gasteiger partial charge is 0.223 e. The molecule has 1 saturated carbocycles. The molecule has 1 heterocycles. The number of hydrogen-bond acceptors (Lipinski definition) is 4. The largest absolute Gasteiger partial charge is 0.349 e. The van der Waals surface area contributed by atoms with Crippen molar-refractivity contribution in [3.8, 4) is 11.3 Å². The van der Waals surface area contributed by atoms with Crippen LogP contribution in [-0.2, 0) is 15.0 Å². The lowest BCUT2D eigenvalue weighted by Gasteiger charge is -2.41. The number of benzene rings is 1. The van der Waals surface area contributed by atoms with Crippen molar-refractivity contribution in [1.29, 1.82) is 0 Å². The van der Waals surface area contributed by atoms with Crippen LogP contribution in [-0.4, -0.2) is 59.0 Å². The highest BCUT2D eigenvalue weighted by Gasteiger charge is 2.64. The highest BCUT2D eigenvalue weighted by atomic mass is 19.1. The standard InChI is InChI=1S/C26H32F2N4O2/c1-6-32(22(34)11-10-21(33)31(4)5)15-26-13-12-17(25(26,2)3)16-14-20(29-30-24(16)26)23-18(27)8-7-9-19(23)28/h7-9,14,17H,6,10-13,15H2,1-5H3/t17-,26-/m1/s1. The molecule has 2 atom stereocenters. The van der Waals surface area contributed by atoms with Crippen LogP contribution in [0, 0.1) is 17.0 Å². The first-order chi connectivity index (χ1) is 16.0. The molecule has 1 fully saturated rings. The topological polar surface area (TPSA) is 66.4 Å². The molecule has 6 nitrogen and oxygen atoms in total. The predicted octanol–water partition coefficient (Wildman–Crippen LogP) is 4.29. The number of rotatable bonds is 7. The summed E-state index contributed by atoms with van der Waals surface area (Å²) >= 11 is 0. The molecule has 1 aromatic heterocycles. The Labute approximate surface area is 199 Å². The van der Waals surface area contributed by atoms with E-state index in [1.54, 1.807) is 20.2 Å². The van der Waals surface area contributed by atoms with Crippen LogP contribution in [0.2, 0.25) is 0 Å². The third-order valence-electron chi connectivity index (χ3n) is 8.08. The van der Waals surface area contributed by atoms with E-state index in [0.29, 0.717) is 13.1 Å². The molecule has 0 saturated heterocycles. The summed E-state index contributed by atoms with van der Waals surface area (Å²) in [5, 5.41) is 8.78. The zero-order chi connectivity index (χ0) is 24.8. The molecule has 2 amide bonds. The zero-order valence-electron chi connectivity index (χ0n) is 20.5. The van der Waals surface area contributed by atoms with Gasteiger partial charge >= 0.3 is 0 Å². The Morgan fingerprint density at radius 1 is 1.09 bits per heavy atom. The van der Waals surface area contributed by atoms with Gasteiger partial charge in [-0.25, -0.2) is 8.78 Å². The van der Waals surface area contributed by atoms with Crippen LogP contribution in [0.15, 0.2) is 24.3 Å². The number of nitrogens with zero attached hydrogens (tertiary/aromatic N) is 4. The number of fused-ring (bicyclic) bond motifs is 5. The summed E-state index contributed by atoms with van der Waals surface area (Å²) in [7, 11) is 3.36. The number of carbonyl (C=O) groups excluding carboxylic acids is 2. The zero-order valence-corrected chi connectivity index (χ0v) is 20.5. The average molecular weight is 471 g/mol. The lowest BCUT2D eigenvalue weighted by molar-refractivity contribution is -0.136. The molecule has 2 aliphatic carbocycles. The summed E-state index contributed by atoms with van der Waals surface area (Å²) in [6.45, 7) is 7.32. The van der Waals surface area contributed by atoms with Crippen LogP contribution >= 0.6 is 0 Å². The number of aromatic nitrogens is 2. The van der Waals surface area contributed by atoms with E-state index in [1.807, 2.05) is 11.8 Å². The number of amides is 2. The van der Waals surface area contributed by atoms with Crippen LogP contribution < -0.4 is 0 Å². The minimum absolute atomic E-state index is 0.0576. The van der Waals surface area contributed by atoms with E-state index in [2.05, 4.69) is 24.0 Å². The molecule has 34 heavy (non-hydrogen) atoms. The van der Waals surface area contributed by atoms with Crippen molar-refractivity contribution in [1.82, 2.24) is 20.0 Å². The fourth-order valence-electron chi connectivity index (χ4n) is 5.94. The molecule has 0 spiro atoms. The molecule has 2 aliphatic rings. The molecular weight excluding hydrogens is 438 g/mol. The third kappa shape index (κ3) is 3.67. The summed E-state index contributed by atoms with van der Waals surface area (Å²) in [6.07, 6.45) is 2.11. The average Bonchev–Trinajstić information content (AvgIpc) is 3.15. The van der Waals surface area contributed by atoms with Gasteiger partial charge in [-0.2, -0.15) is 10.2 Å². The number of halogens is 2. The summed E-state index contributed by atoms with van der Waals surface area (Å²) in [6, 6.07) is 5.55.